The zero-order valence-corrected chi connectivity index (χ0v) is 11.1. The molecule has 1 aromatic carbocycles. The minimum Gasteiger partial charge on any atom is -0.338 e. The summed E-state index contributed by atoms with van der Waals surface area (Å²) in [6, 6.07) is 4.88. The summed E-state index contributed by atoms with van der Waals surface area (Å²) in [5, 5.41) is 3.31. The number of nitrogens with one attached hydrogen (secondary N) is 1. The van der Waals surface area contributed by atoms with Crippen molar-refractivity contribution in [3.8, 4) is 0 Å². The molecule has 0 aliphatic heterocycles. The number of halogens is 2. The first-order valence-electron chi connectivity index (χ1n) is 5.70. The van der Waals surface area contributed by atoms with Crippen molar-refractivity contribution < 1.29 is 4.39 Å². The highest BCUT2D eigenvalue weighted by atomic mass is 35.5. The molecule has 1 unspecified atom stereocenters. The van der Waals surface area contributed by atoms with Gasteiger partial charge in [-0.3, -0.25) is 0 Å². The molecule has 0 saturated carbocycles. The quantitative estimate of drug-likeness (QED) is 0.923. The summed E-state index contributed by atoms with van der Waals surface area (Å²) in [4.78, 5) is 4.27. The fourth-order valence-electron chi connectivity index (χ4n) is 1.89. The van der Waals surface area contributed by atoms with Crippen molar-refractivity contribution in [2.45, 2.75) is 12.5 Å². The van der Waals surface area contributed by atoms with E-state index in [2.05, 4.69) is 10.3 Å². The molecular weight excluding hydrogens is 253 g/mol. The Morgan fingerprint density at radius 1 is 1.50 bits per heavy atom. The van der Waals surface area contributed by atoms with Crippen molar-refractivity contribution in [2.24, 2.45) is 7.05 Å². The summed E-state index contributed by atoms with van der Waals surface area (Å²) in [6.07, 6.45) is 4.34. The molecule has 18 heavy (non-hydrogen) atoms. The molecule has 2 aromatic rings. The van der Waals surface area contributed by atoms with Crippen LogP contribution >= 0.6 is 11.6 Å². The molecule has 5 heteroatoms. The summed E-state index contributed by atoms with van der Waals surface area (Å²) < 4.78 is 15.4. The molecule has 0 aliphatic carbocycles. The van der Waals surface area contributed by atoms with Crippen LogP contribution in [0.15, 0.2) is 30.6 Å². The molecular formula is C13H15ClFN3. The predicted molar refractivity (Wildman–Crippen MR) is 70.1 cm³/mol. The number of aryl methyl sites for hydroxylation is 1. The van der Waals surface area contributed by atoms with E-state index in [1.54, 1.807) is 12.3 Å². The summed E-state index contributed by atoms with van der Waals surface area (Å²) >= 11 is 5.68. The molecule has 1 atom stereocenters. The van der Waals surface area contributed by atoms with Gasteiger partial charge in [-0.2, -0.15) is 0 Å². The van der Waals surface area contributed by atoms with Gasteiger partial charge in [-0.15, -0.1) is 0 Å². The van der Waals surface area contributed by atoms with Gasteiger partial charge >= 0.3 is 0 Å². The summed E-state index contributed by atoms with van der Waals surface area (Å²) in [5.74, 6) is 0.555. The molecule has 2 rings (SSSR count). The Morgan fingerprint density at radius 3 is 2.83 bits per heavy atom. The fourth-order valence-corrected chi connectivity index (χ4v) is 2.01. The Bertz CT molecular complexity index is 539. The van der Waals surface area contributed by atoms with E-state index in [1.165, 1.54) is 6.07 Å². The SMILES string of the molecule is CNC(Cc1nccn1C)c1ccc(Cl)c(F)c1. The standard InChI is InChI=1S/C13H15ClFN3/c1-16-12(8-13-17-5-6-18(13)2)9-3-4-10(14)11(15)7-9/h3-7,12,16H,8H2,1-2H3. The first-order chi connectivity index (χ1) is 8.61. The number of hydrogen-bond donors (Lipinski definition) is 1. The third kappa shape index (κ3) is 2.71. The van der Waals surface area contributed by atoms with Gasteiger partial charge in [0.25, 0.3) is 0 Å². The maximum atomic E-state index is 13.5. The minimum absolute atomic E-state index is 0.0119. The normalized spacial score (nSPS) is 12.7. The lowest BCUT2D eigenvalue weighted by Crippen LogP contribution is -2.20. The average Bonchev–Trinajstić information content (AvgIpc) is 2.75. The van der Waals surface area contributed by atoms with Crippen LogP contribution in [0.3, 0.4) is 0 Å². The highest BCUT2D eigenvalue weighted by Crippen LogP contribution is 2.22. The molecule has 0 radical (unpaired) electrons. The minimum atomic E-state index is -0.394. The molecule has 3 nitrogen and oxygen atoms in total. The first kappa shape index (κ1) is 13.1. The second kappa shape index (κ2) is 5.50. The third-order valence-corrected chi connectivity index (χ3v) is 3.31. The van der Waals surface area contributed by atoms with Gasteiger partial charge in [-0.05, 0) is 24.7 Å². The van der Waals surface area contributed by atoms with E-state index in [1.807, 2.05) is 30.9 Å². The van der Waals surface area contributed by atoms with Gasteiger partial charge in [-0.25, -0.2) is 9.37 Å². The van der Waals surface area contributed by atoms with E-state index in [-0.39, 0.29) is 11.1 Å². The molecule has 96 valence electrons. The summed E-state index contributed by atoms with van der Waals surface area (Å²) in [7, 11) is 3.79. The lowest BCUT2D eigenvalue weighted by atomic mass is 10.0. The van der Waals surface area contributed by atoms with Gasteiger partial charge in [0, 0.05) is 31.9 Å². The van der Waals surface area contributed by atoms with Crippen LogP contribution in [0.25, 0.3) is 0 Å². The number of rotatable bonds is 4. The van der Waals surface area contributed by atoms with E-state index in [4.69, 9.17) is 11.6 Å². The molecule has 0 aliphatic rings. The summed E-state index contributed by atoms with van der Waals surface area (Å²) in [6.45, 7) is 0. The third-order valence-electron chi connectivity index (χ3n) is 3.00. The maximum Gasteiger partial charge on any atom is 0.142 e. The van der Waals surface area contributed by atoms with Gasteiger partial charge in [0.2, 0.25) is 0 Å². The molecule has 0 fully saturated rings. The molecule has 0 spiro atoms. The van der Waals surface area contributed by atoms with Gasteiger partial charge < -0.3 is 9.88 Å². The van der Waals surface area contributed by atoms with E-state index >= 15 is 0 Å². The second-order valence-electron chi connectivity index (χ2n) is 4.17. The highest BCUT2D eigenvalue weighted by molar-refractivity contribution is 6.30. The van der Waals surface area contributed by atoms with Crippen LogP contribution < -0.4 is 5.32 Å². The van der Waals surface area contributed by atoms with Crippen molar-refractivity contribution >= 4 is 11.6 Å². The Hall–Kier alpha value is -1.39. The molecule has 1 N–H and O–H groups in total. The number of aromatic nitrogens is 2. The van der Waals surface area contributed by atoms with Crippen molar-refractivity contribution in [3.63, 3.8) is 0 Å². The van der Waals surface area contributed by atoms with Crippen molar-refractivity contribution in [3.05, 3.63) is 52.8 Å². The second-order valence-corrected chi connectivity index (χ2v) is 4.58. The maximum absolute atomic E-state index is 13.5. The lowest BCUT2D eigenvalue weighted by molar-refractivity contribution is 0.555. The van der Waals surface area contributed by atoms with Crippen molar-refractivity contribution in [2.75, 3.05) is 7.05 Å². The van der Waals surface area contributed by atoms with Gasteiger partial charge in [-0.1, -0.05) is 17.7 Å². The van der Waals surface area contributed by atoms with Crippen LogP contribution in [-0.2, 0) is 13.5 Å². The van der Waals surface area contributed by atoms with Crippen LogP contribution in [0.4, 0.5) is 4.39 Å². The average molecular weight is 268 g/mol. The van der Waals surface area contributed by atoms with Crippen LogP contribution in [0.5, 0.6) is 0 Å². The predicted octanol–water partition coefficient (Wildman–Crippen LogP) is 2.72. The van der Waals surface area contributed by atoms with Crippen molar-refractivity contribution in [1.29, 1.82) is 0 Å². The molecule has 0 bridgehead atoms. The van der Waals surface area contributed by atoms with Crippen LogP contribution in [0.2, 0.25) is 5.02 Å². The zero-order chi connectivity index (χ0) is 13.1. The summed E-state index contributed by atoms with van der Waals surface area (Å²) in [5.41, 5.74) is 0.863. The fraction of sp³-hybridized carbons (Fsp3) is 0.308. The molecule has 0 saturated heterocycles. The van der Waals surface area contributed by atoms with E-state index in [9.17, 15) is 4.39 Å². The highest BCUT2D eigenvalue weighted by Gasteiger charge is 2.14. The van der Waals surface area contributed by atoms with Gasteiger partial charge in [0.15, 0.2) is 0 Å². The van der Waals surface area contributed by atoms with Crippen LogP contribution in [0, 0.1) is 5.82 Å². The zero-order valence-electron chi connectivity index (χ0n) is 10.3. The van der Waals surface area contributed by atoms with Crippen LogP contribution in [0.1, 0.15) is 17.4 Å². The Morgan fingerprint density at radius 2 is 2.28 bits per heavy atom. The number of nitrogens with zero attached hydrogens (tertiary/aromatic N) is 2. The number of benzene rings is 1. The van der Waals surface area contributed by atoms with Crippen molar-refractivity contribution in [1.82, 2.24) is 14.9 Å². The number of likely N-dealkylation sites (N-methyl/N-ethyl adjacent to an activating group) is 1. The largest absolute Gasteiger partial charge is 0.338 e. The van der Waals surface area contributed by atoms with E-state index < -0.39 is 5.82 Å². The Labute approximate surface area is 111 Å². The van der Waals surface area contributed by atoms with E-state index in [0.29, 0.717) is 6.42 Å². The Kier molecular flexibility index (Phi) is 3.99. The van der Waals surface area contributed by atoms with Gasteiger partial charge in [0.1, 0.15) is 11.6 Å². The van der Waals surface area contributed by atoms with Gasteiger partial charge in [0.05, 0.1) is 5.02 Å². The lowest BCUT2D eigenvalue weighted by Gasteiger charge is -2.16. The van der Waals surface area contributed by atoms with Crippen LogP contribution in [-0.4, -0.2) is 16.6 Å². The number of imidazole rings is 1. The topological polar surface area (TPSA) is 29.9 Å². The molecule has 0 amide bonds. The molecule has 1 aromatic heterocycles. The monoisotopic (exact) mass is 267 g/mol. The van der Waals surface area contributed by atoms with E-state index in [0.717, 1.165) is 11.4 Å². The Balaban J connectivity index is 2.23. The smallest absolute Gasteiger partial charge is 0.142 e. The molecule has 1 heterocycles. The number of hydrogen-bond acceptors (Lipinski definition) is 2. The first-order valence-corrected chi connectivity index (χ1v) is 6.08.